The summed E-state index contributed by atoms with van der Waals surface area (Å²) in [7, 11) is 1.28. The van der Waals surface area contributed by atoms with E-state index in [-0.39, 0.29) is 37.6 Å². The molecule has 0 aliphatic rings. The summed E-state index contributed by atoms with van der Waals surface area (Å²) in [5.74, 6) is -1.18. The van der Waals surface area contributed by atoms with Crippen LogP contribution in [0.15, 0.2) is 72.8 Å². The molecule has 4 rings (SSSR count). The van der Waals surface area contributed by atoms with Crippen molar-refractivity contribution in [2.75, 3.05) is 12.4 Å². The van der Waals surface area contributed by atoms with Crippen molar-refractivity contribution >= 4 is 52.8 Å². The number of aromatic nitrogens is 2. The van der Waals surface area contributed by atoms with Crippen LogP contribution >= 0.6 is 23.2 Å². The van der Waals surface area contributed by atoms with E-state index >= 15 is 0 Å². The van der Waals surface area contributed by atoms with Crippen LogP contribution in [-0.4, -0.2) is 46.1 Å². The minimum atomic E-state index is -1.05. The summed E-state index contributed by atoms with van der Waals surface area (Å²) < 4.78 is 4.63. The third-order valence-corrected chi connectivity index (χ3v) is 7.56. The van der Waals surface area contributed by atoms with Crippen molar-refractivity contribution in [3.05, 3.63) is 105 Å². The zero-order valence-electron chi connectivity index (χ0n) is 24.9. The van der Waals surface area contributed by atoms with Crippen molar-refractivity contribution in [2.24, 2.45) is 0 Å². The molecule has 0 bridgehead atoms. The zero-order valence-corrected chi connectivity index (χ0v) is 26.5. The summed E-state index contributed by atoms with van der Waals surface area (Å²) in [6.45, 7) is 0.177. The number of rotatable bonds is 14. The Morgan fingerprint density at radius 2 is 1.65 bits per heavy atom. The zero-order chi connectivity index (χ0) is 33.1. The number of amides is 3. The number of carboxylic acids is 1. The van der Waals surface area contributed by atoms with Crippen molar-refractivity contribution in [1.82, 2.24) is 20.6 Å². The molecule has 240 valence electrons. The normalized spacial score (nSPS) is 11.4. The van der Waals surface area contributed by atoms with Gasteiger partial charge in [0.2, 0.25) is 11.8 Å². The number of carbonyl (C=O) groups excluding carboxylic acids is 3. The van der Waals surface area contributed by atoms with Crippen LogP contribution in [0.5, 0.6) is 0 Å². The molecular formula is C33H33Cl2N5O6. The Kier molecular flexibility index (Phi) is 12.2. The fourth-order valence-electron chi connectivity index (χ4n) is 4.69. The average molecular weight is 667 g/mol. The Labute approximate surface area is 275 Å². The van der Waals surface area contributed by atoms with Crippen LogP contribution < -0.4 is 16.0 Å². The number of nitrogens with one attached hydrogen (secondary N) is 4. The van der Waals surface area contributed by atoms with E-state index < -0.39 is 18.1 Å². The van der Waals surface area contributed by atoms with Gasteiger partial charge in [0, 0.05) is 35.7 Å². The number of anilines is 1. The van der Waals surface area contributed by atoms with Crippen molar-refractivity contribution in [2.45, 2.75) is 44.7 Å². The van der Waals surface area contributed by atoms with Crippen LogP contribution in [-0.2, 0) is 38.5 Å². The quantitative estimate of drug-likeness (QED) is 0.109. The summed E-state index contributed by atoms with van der Waals surface area (Å²) in [5.41, 5.74) is 4.28. The van der Waals surface area contributed by atoms with E-state index in [1.807, 2.05) is 30.3 Å². The number of methoxy groups -OCH3 is 1. The molecule has 1 atom stereocenters. The van der Waals surface area contributed by atoms with Crippen LogP contribution in [0.25, 0.3) is 11.3 Å². The van der Waals surface area contributed by atoms with Gasteiger partial charge in [-0.15, -0.1) is 0 Å². The minimum absolute atomic E-state index is 0.125. The third-order valence-electron chi connectivity index (χ3n) is 7.05. The molecule has 0 saturated carbocycles. The van der Waals surface area contributed by atoms with E-state index in [1.54, 1.807) is 42.5 Å². The van der Waals surface area contributed by atoms with Gasteiger partial charge >= 0.3 is 12.1 Å². The van der Waals surface area contributed by atoms with Crippen LogP contribution in [0.1, 0.15) is 47.8 Å². The van der Waals surface area contributed by atoms with Gasteiger partial charge in [0.1, 0.15) is 16.7 Å². The topological polar surface area (TPSA) is 163 Å². The summed E-state index contributed by atoms with van der Waals surface area (Å²) in [6, 6.07) is 21.3. The lowest BCUT2D eigenvalue weighted by molar-refractivity contribution is -0.138. The number of nitrogens with zero attached hydrogens (tertiary/aromatic N) is 1. The molecule has 1 heterocycles. The molecule has 0 saturated heterocycles. The van der Waals surface area contributed by atoms with Gasteiger partial charge in [-0.3, -0.25) is 19.7 Å². The van der Waals surface area contributed by atoms with E-state index in [1.165, 1.54) is 7.11 Å². The highest BCUT2D eigenvalue weighted by atomic mass is 35.5. The highest BCUT2D eigenvalue weighted by molar-refractivity contribution is 6.32. The number of benzene rings is 3. The number of aryl methyl sites for hydroxylation is 1. The van der Waals surface area contributed by atoms with E-state index in [0.29, 0.717) is 45.8 Å². The minimum Gasteiger partial charge on any atom is -0.481 e. The first-order chi connectivity index (χ1) is 22.1. The third kappa shape index (κ3) is 10.1. The molecule has 46 heavy (non-hydrogen) atoms. The van der Waals surface area contributed by atoms with Gasteiger partial charge in [-0.25, -0.2) is 9.78 Å². The lowest BCUT2D eigenvalue weighted by Crippen LogP contribution is -2.31. The molecule has 3 amide bonds. The SMILES string of the molecule is COC(=O)Nc1ccc(-c2nc(C(Cc3ccccc3)NC(=O)CCc3cc(Cl)ccc3CNC(=O)CCC(=O)O)[nH]c2Cl)cc1. The maximum atomic E-state index is 13.3. The molecule has 0 aliphatic heterocycles. The number of hydrogen-bond donors (Lipinski definition) is 5. The molecule has 5 N–H and O–H groups in total. The van der Waals surface area contributed by atoms with Crippen LogP contribution in [0.2, 0.25) is 10.2 Å². The molecule has 0 aliphatic carbocycles. The number of halogens is 2. The predicted octanol–water partition coefficient (Wildman–Crippen LogP) is 6.08. The predicted molar refractivity (Wildman–Crippen MR) is 175 cm³/mol. The average Bonchev–Trinajstić information content (AvgIpc) is 3.44. The highest BCUT2D eigenvalue weighted by Crippen LogP contribution is 2.30. The Hall–Kier alpha value is -4.87. The fourth-order valence-corrected chi connectivity index (χ4v) is 5.13. The smallest absolute Gasteiger partial charge is 0.411 e. The van der Waals surface area contributed by atoms with Gasteiger partial charge in [0.25, 0.3) is 0 Å². The van der Waals surface area contributed by atoms with Gasteiger partial charge in [-0.1, -0.05) is 71.7 Å². The van der Waals surface area contributed by atoms with Crippen molar-refractivity contribution in [3.8, 4) is 11.3 Å². The van der Waals surface area contributed by atoms with Gasteiger partial charge in [-0.2, -0.15) is 0 Å². The first-order valence-electron chi connectivity index (χ1n) is 14.4. The summed E-state index contributed by atoms with van der Waals surface area (Å²) in [6.07, 6.45) is -0.0451. The molecule has 0 spiro atoms. The first kappa shape index (κ1) is 34.0. The second-order valence-electron chi connectivity index (χ2n) is 10.4. The molecule has 3 aromatic carbocycles. The Balaban J connectivity index is 1.47. The molecule has 1 unspecified atom stereocenters. The largest absolute Gasteiger partial charge is 0.481 e. The van der Waals surface area contributed by atoms with Gasteiger partial charge in [-0.05, 0) is 53.8 Å². The Morgan fingerprint density at radius 1 is 0.913 bits per heavy atom. The second-order valence-corrected chi connectivity index (χ2v) is 11.2. The summed E-state index contributed by atoms with van der Waals surface area (Å²) in [5, 5.41) is 18.0. The monoisotopic (exact) mass is 665 g/mol. The van der Waals surface area contributed by atoms with Crippen LogP contribution in [0, 0.1) is 0 Å². The van der Waals surface area contributed by atoms with E-state index in [4.69, 9.17) is 33.3 Å². The fraction of sp³-hybridized carbons (Fsp3) is 0.242. The molecule has 11 nitrogen and oxygen atoms in total. The number of imidazole rings is 1. The molecule has 13 heteroatoms. The van der Waals surface area contributed by atoms with Crippen molar-refractivity contribution in [3.63, 3.8) is 0 Å². The van der Waals surface area contributed by atoms with Crippen molar-refractivity contribution in [1.29, 1.82) is 0 Å². The van der Waals surface area contributed by atoms with E-state index in [9.17, 15) is 19.2 Å². The van der Waals surface area contributed by atoms with E-state index in [0.717, 1.165) is 16.7 Å². The number of aliphatic carboxylic acids is 1. The van der Waals surface area contributed by atoms with Crippen LogP contribution in [0.3, 0.4) is 0 Å². The number of aromatic amines is 1. The van der Waals surface area contributed by atoms with Gasteiger partial charge in [0.05, 0.1) is 19.6 Å². The molecular weight excluding hydrogens is 633 g/mol. The standard InChI is InChI=1S/C33H33Cl2N5O6/c1-46-33(45)37-25-12-8-21(9-13-25)30-31(35)40-32(39-30)26(17-20-5-3-2-4-6-20)38-28(42)14-10-22-18-24(34)11-7-23(22)19-36-27(41)15-16-29(43)44/h2-9,11-13,18,26H,10,14-17,19H2,1H3,(H,36,41)(H,37,45)(H,38,42)(H,39,40)(H,43,44). The van der Waals surface area contributed by atoms with Gasteiger partial charge in [0.15, 0.2) is 0 Å². The maximum Gasteiger partial charge on any atom is 0.411 e. The summed E-state index contributed by atoms with van der Waals surface area (Å²) >= 11 is 12.8. The number of carboxylic acid groups (broad SMARTS) is 1. The molecule has 0 fully saturated rings. The second kappa shape index (κ2) is 16.4. The van der Waals surface area contributed by atoms with Crippen LogP contribution in [0.4, 0.5) is 10.5 Å². The first-order valence-corrected chi connectivity index (χ1v) is 15.2. The summed E-state index contributed by atoms with van der Waals surface area (Å²) in [4.78, 5) is 55.5. The van der Waals surface area contributed by atoms with E-state index in [2.05, 4.69) is 25.7 Å². The maximum absolute atomic E-state index is 13.3. The number of carbonyl (C=O) groups is 4. The lowest BCUT2D eigenvalue weighted by Gasteiger charge is -2.18. The lowest BCUT2D eigenvalue weighted by atomic mass is 10.0. The molecule has 0 radical (unpaired) electrons. The molecule has 1 aromatic heterocycles. The highest BCUT2D eigenvalue weighted by Gasteiger charge is 2.22. The van der Waals surface area contributed by atoms with Gasteiger partial charge < -0.3 is 25.5 Å². The number of H-pyrrole nitrogens is 1. The molecule has 4 aromatic rings. The Bertz CT molecular complexity index is 1680. The Morgan fingerprint density at radius 3 is 2.35 bits per heavy atom. The number of hydrogen-bond acceptors (Lipinski definition) is 6. The van der Waals surface area contributed by atoms with Crippen molar-refractivity contribution < 1.29 is 29.0 Å². The number of ether oxygens (including phenoxy) is 1.